The second kappa shape index (κ2) is 4.54. The molecule has 0 saturated carbocycles. The molecule has 1 atom stereocenters. The van der Waals surface area contributed by atoms with Crippen LogP contribution in [0.25, 0.3) is 0 Å². The fourth-order valence-corrected chi connectivity index (χ4v) is 2.26. The Kier molecular flexibility index (Phi) is 3.10. The predicted molar refractivity (Wildman–Crippen MR) is 62.6 cm³/mol. The van der Waals surface area contributed by atoms with Gasteiger partial charge in [-0.3, -0.25) is 9.59 Å². The summed E-state index contributed by atoms with van der Waals surface area (Å²) >= 11 is 1.40. The number of rotatable bonds is 4. The fraction of sp³-hybridized carbons (Fsp3) is 0.300. The van der Waals surface area contributed by atoms with Crippen molar-refractivity contribution in [2.24, 2.45) is 5.73 Å². The molecular weight excluding hydrogens is 242 g/mol. The van der Waals surface area contributed by atoms with E-state index in [4.69, 9.17) is 5.73 Å². The van der Waals surface area contributed by atoms with Crippen molar-refractivity contribution in [3.63, 3.8) is 0 Å². The van der Waals surface area contributed by atoms with Gasteiger partial charge in [-0.2, -0.15) is 11.3 Å². The largest absolute Gasteiger partial charge is 0.370 e. The molecular formula is C10H11N3O3S. The van der Waals surface area contributed by atoms with Gasteiger partial charge in [-0.15, -0.1) is 0 Å². The van der Waals surface area contributed by atoms with Gasteiger partial charge in [-0.1, -0.05) is 0 Å². The number of nitrogens with two attached hydrogens (primary N) is 1. The predicted octanol–water partition coefficient (Wildman–Crippen LogP) is 0.438. The standard InChI is InChI=1S/C10H11N3O3S/c11-8(14)2-1-7-9(15)13(10(16)12-7)6-3-4-17-5-6/h3-5,7H,1-2H2,(H2,11,14)(H,12,16)/t7-/m0/s1. The quantitative estimate of drug-likeness (QED) is 0.762. The maximum Gasteiger partial charge on any atom is 0.329 e. The number of primary amides is 1. The third-order valence-corrected chi connectivity index (χ3v) is 3.13. The lowest BCUT2D eigenvalue weighted by Crippen LogP contribution is -2.31. The lowest BCUT2D eigenvalue weighted by Gasteiger charge is -2.10. The second-order valence-corrected chi connectivity index (χ2v) is 4.44. The zero-order valence-electron chi connectivity index (χ0n) is 8.88. The molecule has 4 amide bonds. The summed E-state index contributed by atoms with van der Waals surface area (Å²) in [5, 5.41) is 6.03. The van der Waals surface area contributed by atoms with Crippen LogP contribution in [0.4, 0.5) is 10.5 Å². The second-order valence-electron chi connectivity index (χ2n) is 3.66. The van der Waals surface area contributed by atoms with E-state index in [2.05, 4.69) is 5.32 Å². The molecule has 7 heteroatoms. The van der Waals surface area contributed by atoms with Gasteiger partial charge in [0.2, 0.25) is 5.91 Å². The molecule has 2 heterocycles. The van der Waals surface area contributed by atoms with Crippen LogP contribution in [-0.2, 0) is 9.59 Å². The number of nitrogens with one attached hydrogen (secondary N) is 1. The van der Waals surface area contributed by atoms with Gasteiger partial charge in [0, 0.05) is 11.8 Å². The number of anilines is 1. The number of urea groups is 1. The first-order valence-electron chi connectivity index (χ1n) is 5.04. The van der Waals surface area contributed by atoms with Crippen LogP contribution in [0.2, 0.25) is 0 Å². The van der Waals surface area contributed by atoms with E-state index >= 15 is 0 Å². The summed E-state index contributed by atoms with van der Waals surface area (Å²) in [6.07, 6.45) is 0.314. The molecule has 1 saturated heterocycles. The molecule has 1 aliphatic heterocycles. The van der Waals surface area contributed by atoms with Crippen LogP contribution in [0.1, 0.15) is 12.8 Å². The van der Waals surface area contributed by atoms with Gasteiger partial charge in [0.05, 0.1) is 5.69 Å². The van der Waals surface area contributed by atoms with Crippen LogP contribution in [0.15, 0.2) is 16.8 Å². The van der Waals surface area contributed by atoms with Crippen molar-refractivity contribution < 1.29 is 14.4 Å². The summed E-state index contributed by atoms with van der Waals surface area (Å²) in [6.45, 7) is 0. The normalized spacial score (nSPS) is 19.5. The molecule has 1 aliphatic rings. The molecule has 1 aromatic heterocycles. The van der Waals surface area contributed by atoms with E-state index in [-0.39, 0.29) is 18.7 Å². The summed E-state index contributed by atoms with van der Waals surface area (Å²) in [5.41, 5.74) is 5.56. The molecule has 0 spiro atoms. The summed E-state index contributed by atoms with van der Waals surface area (Å²) < 4.78 is 0. The Balaban J connectivity index is 2.09. The first-order chi connectivity index (χ1) is 8.09. The number of imide groups is 1. The number of amides is 4. The van der Waals surface area contributed by atoms with Gasteiger partial charge in [-0.25, -0.2) is 9.69 Å². The van der Waals surface area contributed by atoms with Gasteiger partial charge in [-0.05, 0) is 17.9 Å². The summed E-state index contributed by atoms with van der Waals surface area (Å²) in [7, 11) is 0. The molecule has 0 radical (unpaired) electrons. The van der Waals surface area contributed by atoms with Gasteiger partial charge >= 0.3 is 6.03 Å². The maximum atomic E-state index is 11.9. The average Bonchev–Trinajstić information content (AvgIpc) is 2.84. The number of hydrogen-bond donors (Lipinski definition) is 2. The van der Waals surface area contributed by atoms with Crippen LogP contribution in [0.3, 0.4) is 0 Å². The Labute approximate surface area is 101 Å². The minimum absolute atomic E-state index is 0.0775. The highest BCUT2D eigenvalue weighted by atomic mass is 32.1. The molecule has 90 valence electrons. The molecule has 0 bridgehead atoms. The highest BCUT2D eigenvalue weighted by Gasteiger charge is 2.38. The van der Waals surface area contributed by atoms with Crippen LogP contribution < -0.4 is 16.0 Å². The van der Waals surface area contributed by atoms with Crippen molar-refractivity contribution in [3.8, 4) is 0 Å². The van der Waals surface area contributed by atoms with Crippen molar-refractivity contribution in [1.29, 1.82) is 0 Å². The van der Waals surface area contributed by atoms with Crippen LogP contribution >= 0.6 is 11.3 Å². The maximum absolute atomic E-state index is 11.9. The van der Waals surface area contributed by atoms with Gasteiger partial charge < -0.3 is 11.1 Å². The highest BCUT2D eigenvalue weighted by Crippen LogP contribution is 2.23. The Morgan fingerprint density at radius 1 is 1.53 bits per heavy atom. The van der Waals surface area contributed by atoms with Gasteiger partial charge in [0.25, 0.3) is 5.91 Å². The number of thiophene rings is 1. The van der Waals surface area contributed by atoms with E-state index in [1.807, 2.05) is 0 Å². The monoisotopic (exact) mass is 253 g/mol. The van der Waals surface area contributed by atoms with E-state index < -0.39 is 18.0 Å². The minimum Gasteiger partial charge on any atom is -0.370 e. The Morgan fingerprint density at radius 2 is 2.29 bits per heavy atom. The van der Waals surface area contributed by atoms with Crippen molar-refractivity contribution in [2.75, 3.05) is 4.90 Å². The lowest BCUT2D eigenvalue weighted by molar-refractivity contribution is -0.119. The number of hydrogen-bond acceptors (Lipinski definition) is 4. The van der Waals surface area contributed by atoms with E-state index in [0.29, 0.717) is 5.69 Å². The molecule has 17 heavy (non-hydrogen) atoms. The minimum atomic E-state index is -0.658. The van der Waals surface area contributed by atoms with Crippen molar-refractivity contribution >= 4 is 34.9 Å². The topological polar surface area (TPSA) is 92.5 Å². The van der Waals surface area contributed by atoms with Crippen LogP contribution in [0, 0.1) is 0 Å². The third kappa shape index (κ3) is 2.28. The molecule has 0 unspecified atom stereocenters. The summed E-state index contributed by atoms with van der Waals surface area (Å²) in [6, 6.07) is 0.580. The molecule has 0 aromatic carbocycles. The SMILES string of the molecule is NC(=O)CC[C@@H]1NC(=O)N(c2ccsc2)C1=O. The third-order valence-electron chi connectivity index (χ3n) is 2.46. The van der Waals surface area contributed by atoms with Crippen molar-refractivity contribution in [3.05, 3.63) is 16.8 Å². The van der Waals surface area contributed by atoms with Crippen molar-refractivity contribution in [2.45, 2.75) is 18.9 Å². The first kappa shape index (κ1) is 11.6. The molecule has 1 aromatic rings. The molecule has 3 N–H and O–H groups in total. The Bertz CT molecular complexity index is 457. The fourth-order valence-electron chi connectivity index (χ4n) is 1.64. The van der Waals surface area contributed by atoms with Gasteiger partial charge in [0.1, 0.15) is 6.04 Å². The molecule has 0 aliphatic carbocycles. The highest BCUT2D eigenvalue weighted by molar-refractivity contribution is 7.08. The summed E-state index contributed by atoms with van der Waals surface area (Å²) in [5.74, 6) is -0.823. The molecule has 1 fully saturated rings. The smallest absolute Gasteiger partial charge is 0.329 e. The van der Waals surface area contributed by atoms with E-state index in [9.17, 15) is 14.4 Å². The van der Waals surface area contributed by atoms with Crippen LogP contribution in [-0.4, -0.2) is 23.9 Å². The lowest BCUT2D eigenvalue weighted by atomic mass is 10.1. The number of carbonyl (C=O) groups excluding carboxylic acids is 3. The number of nitrogens with zero attached hydrogens (tertiary/aromatic N) is 1. The van der Waals surface area contributed by atoms with E-state index in [1.165, 1.54) is 11.3 Å². The number of carbonyl (C=O) groups is 3. The average molecular weight is 253 g/mol. The molecule has 2 rings (SSSR count). The molecule has 6 nitrogen and oxygen atoms in total. The summed E-state index contributed by atoms with van der Waals surface area (Å²) in [4.78, 5) is 35.3. The van der Waals surface area contributed by atoms with E-state index in [0.717, 1.165) is 4.90 Å². The van der Waals surface area contributed by atoms with Crippen molar-refractivity contribution in [1.82, 2.24) is 5.32 Å². The van der Waals surface area contributed by atoms with Crippen LogP contribution in [0.5, 0.6) is 0 Å². The van der Waals surface area contributed by atoms with E-state index in [1.54, 1.807) is 16.8 Å². The van der Waals surface area contributed by atoms with Gasteiger partial charge in [0.15, 0.2) is 0 Å². The Morgan fingerprint density at radius 3 is 2.88 bits per heavy atom. The zero-order chi connectivity index (χ0) is 12.4. The first-order valence-corrected chi connectivity index (χ1v) is 5.99. The Hall–Kier alpha value is -1.89. The zero-order valence-corrected chi connectivity index (χ0v) is 9.70.